The van der Waals surface area contributed by atoms with E-state index in [9.17, 15) is 5.11 Å². The number of rotatable bonds is 12. The van der Waals surface area contributed by atoms with E-state index in [1.54, 1.807) is 0 Å². The molecule has 0 saturated carbocycles. The van der Waals surface area contributed by atoms with Crippen molar-refractivity contribution in [3.05, 3.63) is 144 Å². The van der Waals surface area contributed by atoms with E-state index in [1.807, 2.05) is 24.3 Å². The van der Waals surface area contributed by atoms with Gasteiger partial charge in [0.2, 0.25) is 0 Å². The van der Waals surface area contributed by atoms with Crippen molar-refractivity contribution in [2.24, 2.45) is 0 Å². The first kappa shape index (κ1) is 23.9. The molecule has 0 unspecified atom stereocenters. The highest BCUT2D eigenvalue weighted by atomic mass is 16.3. The van der Waals surface area contributed by atoms with Crippen molar-refractivity contribution in [2.75, 3.05) is 13.1 Å². The smallest absolute Gasteiger partial charge is 0.0794 e. The number of aliphatic hydroxyl groups excluding tert-OH is 1. The molecule has 0 aliphatic carbocycles. The number of hydrogen-bond acceptors (Lipinski definition) is 3. The number of aliphatic hydroxyl groups is 1. The van der Waals surface area contributed by atoms with Crippen molar-refractivity contribution >= 4 is 0 Å². The molecule has 4 rings (SSSR count). The van der Waals surface area contributed by atoms with Crippen LogP contribution in [0.3, 0.4) is 0 Å². The molecule has 0 heterocycles. The minimum absolute atomic E-state index is 0.458. The minimum atomic E-state index is -0.458. The third-order valence-electron chi connectivity index (χ3n) is 5.93. The van der Waals surface area contributed by atoms with Crippen LogP contribution in [-0.2, 0) is 26.2 Å². The minimum Gasteiger partial charge on any atom is -0.390 e. The van der Waals surface area contributed by atoms with Crippen LogP contribution in [0, 0.1) is 0 Å². The Morgan fingerprint density at radius 2 is 0.647 bits per heavy atom. The van der Waals surface area contributed by atoms with Gasteiger partial charge in [-0.05, 0) is 22.3 Å². The molecule has 0 aliphatic heterocycles. The second-order valence-corrected chi connectivity index (χ2v) is 8.94. The number of benzene rings is 4. The lowest BCUT2D eigenvalue weighted by Crippen LogP contribution is -2.39. The molecular weight excluding hydrogens is 416 g/mol. The van der Waals surface area contributed by atoms with E-state index in [-0.39, 0.29) is 0 Å². The molecule has 3 nitrogen and oxygen atoms in total. The maximum atomic E-state index is 11.2. The molecule has 0 fully saturated rings. The summed E-state index contributed by atoms with van der Waals surface area (Å²) < 4.78 is 0. The molecule has 34 heavy (non-hydrogen) atoms. The monoisotopic (exact) mass is 450 g/mol. The Morgan fingerprint density at radius 3 is 0.882 bits per heavy atom. The van der Waals surface area contributed by atoms with E-state index in [0.29, 0.717) is 13.1 Å². The first-order chi connectivity index (χ1) is 16.7. The summed E-state index contributed by atoms with van der Waals surface area (Å²) in [7, 11) is 0. The van der Waals surface area contributed by atoms with Gasteiger partial charge < -0.3 is 5.11 Å². The van der Waals surface area contributed by atoms with Crippen molar-refractivity contribution in [3.63, 3.8) is 0 Å². The molecule has 4 aromatic rings. The Labute approximate surface area is 203 Å². The lowest BCUT2D eigenvalue weighted by molar-refractivity contribution is 0.0631. The van der Waals surface area contributed by atoms with Gasteiger partial charge in [-0.15, -0.1) is 0 Å². The van der Waals surface area contributed by atoms with Crippen LogP contribution in [0.25, 0.3) is 0 Å². The maximum Gasteiger partial charge on any atom is 0.0794 e. The molecule has 0 spiro atoms. The van der Waals surface area contributed by atoms with Gasteiger partial charge in [0, 0.05) is 39.3 Å². The van der Waals surface area contributed by atoms with E-state index in [2.05, 4.69) is 107 Å². The molecule has 4 aromatic carbocycles. The zero-order valence-electron chi connectivity index (χ0n) is 19.7. The van der Waals surface area contributed by atoms with Crippen molar-refractivity contribution in [2.45, 2.75) is 32.3 Å². The Balaban J connectivity index is 1.45. The average molecular weight is 451 g/mol. The summed E-state index contributed by atoms with van der Waals surface area (Å²) >= 11 is 0. The van der Waals surface area contributed by atoms with Gasteiger partial charge in [-0.25, -0.2) is 0 Å². The van der Waals surface area contributed by atoms with Crippen LogP contribution in [0.1, 0.15) is 22.3 Å². The molecule has 0 amide bonds. The lowest BCUT2D eigenvalue weighted by atomic mass is 10.1. The molecule has 1 N–H and O–H groups in total. The van der Waals surface area contributed by atoms with Gasteiger partial charge in [-0.3, -0.25) is 9.80 Å². The highest BCUT2D eigenvalue weighted by Crippen LogP contribution is 2.14. The van der Waals surface area contributed by atoms with Crippen molar-refractivity contribution in [3.8, 4) is 0 Å². The van der Waals surface area contributed by atoms with Crippen molar-refractivity contribution < 1.29 is 5.11 Å². The molecular formula is C31H34N2O. The van der Waals surface area contributed by atoms with E-state index in [0.717, 1.165) is 26.2 Å². The first-order valence-corrected chi connectivity index (χ1v) is 12.0. The predicted octanol–water partition coefficient (Wildman–Crippen LogP) is 5.75. The standard InChI is InChI=1S/C31H34N2O/c34-31(25-32(21-27-13-5-1-6-14-27)22-28-15-7-2-8-16-28)26-33(23-29-17-9-3-10-18-29)24-30-19-11-4-12-20-30/h1-20,31,34H,21-26H2. The predicted molar refractivity (Wildman–Crippen MR) is 140 cm³/mol. The van der Waals surface area contributed by atoms with Crippen LogP contribution >= 0.6 is 0 Å². The third kappa shape index (κ3) is 7.96. The zero-order chi connectivity index (χ0) is 23.4. The Bertz CT molecular complexity index is 899. The fraction of sp³-hybridized carbons (Fsp3) is 0.226. The normalized spacial score (nSPS) is 11.4. The zero-order valence-corrected chi connectivity index (χ0v) is 19.7. The van der Waals surface area contributed by atoms with Crippen molar-refractivity contribution in [1.29, 1.82) is 0 Å². The number of nitrogens with zero attached hydrogens (tertiary/aromatic N) is 2. The van der Waals surface area contributed by atoms with Gasteiger partial charge in [0.15, 0.2) is 0 Å². The molecule has 0 radical (unpaired) electrons. The highest BCUT2D eigenvalue weighted by molar-refractivity contribution is 5.18. The molecule has 0 saturated heterocycles. The largest absolute Gasteiger partial charge is 0.390 e. The van der Waals surface area contributed by atoms with Crippen LogP contribution in [-0.4, -0.2) is 34.1 Å². The molecule has 0 atom stereocenters. The Kier molecular flexibility index (Phi) is 9.04. The van der Waals surface area contributed by atoms with Crippen molar-refractivity contribution in [1.82, 2.24) is 9.80 Å². The van der Waals surface area contributed by atoms with E-state index in [4.69, 9.17) is 0 Å². The van der Waals surface area contributed by atoms with E-state index >= 15 is 0 Å². The van der Waals surface area contributed by atoms with Gasteiger partial charge in [0.05, 0.1) is 6.10 Å². The van der Waals surface area contributed by atoms with Crippen LogP contribution in [0.15, 0.2) is 121 Å². The summed E-state index contributed by atoms with van der Waals surface area (Å²) in [5.74, 6) is 0. The molecule has 0 bridgehead atoms. The van der Waals surface area contributed by atoms with Crippen LogP contribution < -0.4 is 0 Å². The maximum absolute atomic E-state index is 11.2. The molecule has 174 valence electrons. The van der Waals surface area contributed by atoms with Gasteiger partial charge in [0.25, 0.3) is 0 Å². The second-order valence-electron chi connectivity index (χ2n) is 8.94. The quantitative estimate of drug-likeness (QED) is 0.298. The Hall–Kier alpha value is -3.24. The topological polar surface area (TPSA) is 26.7 Å². The highest BCUT2D eigenvalue weighted by Gasteiger charge is 2.17. The fourth-order valence-electron chi connectivity index (χ4n) is 4.39. The van der Waals surface area contributed by atoms with E-state index in [1.165, 1.54) is 22.3 Å². The lowest BCUT2D eigenvalue weighted by Gasteiger charge is -2.29. The first-order valence-electron chi connectivity index (χ1n) is 12.0. The van der Waals surface area contributed by atoms with E-state index < -0.39 is 6.10 Å². The van der Waals surface area contributed by atoms with Crippen LogP contribution in [0.5, 0.6) is 0 Å². The van der Waals surface area contributed by atoms with Crippen LogP contribution in [0.2, 0.25) is 0 Å². The van der Waals surface area contributed by atoms with Gasteiger partial charge in [-0.1, -0.05) is 121 Å². The van der Waals surface area contributed by atoms with Gasteiger partial charge in [-0.2, -0.15) is 0 Å². The molecule has 3 heteroatoms. The van der Waals surface area contributed by atoms with Gasteiger partial charge >= 0.3 is 0 Å². The van der Waals surface area contributed by atoms with Gasteiger partial charge in [0.1, 0.15) is 0 Å². The average Bonchev–Trinajstić information content (AvgIpc) is 2.86. The SMILES string of the molecule is OC(CN(Cc1ccccc1)Cc1ccccc1)CN(Cc1ccccc1)Cc1ccccc1. The number of hydrogen-bond donors (Lipinski definition) is 1. The second kappa shape index (κ2) is 12.9. The summed E-state index contributed by atoms with van der Waals surface area (Å²) in [6.45, 7) is 4.47. The van der Waals surface area contributed by atoms with Crippen LogP contribution in [0.4, 0.5) is 0 Å². The summed E-state index contributed by atoms with van der Waals surface area (Å²) in [6.07, 6.45) is -0.458. The molecule has 0 aliphatic rings. The summed E-state index contributed by atoms with van der Waals surface area (Å²) in [5, 5.41) is 11.2. The fourth-order valence-corrected chi connectivity index (χ4v) is 4.39. The molecule has 0 aromatic heterocycles. The summed E-state index contributed by atoms with van der Waals surface area (Å²) in [4.78, 5) is 4.69. The summed E-state index contributed by atoms with van der Waals surface area (Å²) in [5.41, 5.74) is 5.04. The Morgan fingerprint density at radius 1 is 0.412 bits per heavy atom. The third-order valence-corrected chi connectivity index (χ3v) is 5.93. The summed E-state index contributed by atoms with van der Waals surface area (Å²) in [6, 6.07) is 42.0.